The lowest BCUT2D eigenvalue weighted by Crippen LogP contribution is -2.70. The Morgan fingerprint density at radius 3 is 1.87 bits per heavy atom. The van der Waals surface area contributed by atoms with E-state index < -0.39 is 35.4 Å². The van der Waals surface area contributed by atoms with Gasteiger partial charge in [0.05, 0.1) is 13.0 Å². The molecule has 54 heavy (non-hydrogen) atoms. The van der Waals surface area contributed by atoms with E-state index in [4.69, 9.17) is 9.47 Å². The van der Waals surface area contributed by atoms with Gasteiger partial charge in [0.2, 0.25) is 11.8 Å². The first-order valence-electron chi connectivity index (χ1n) is 19.6. The van der Waals surface area contributed by atoms with Crippen molar-refractivity contribution in [1.29, 1.82) is 0 Å². The summed E-state index contributed by atoms with van der Waals surface area (Å²) in [6.45, 7) is 16.5. The van der Waals surface area contributed by atoms with Gasteiger partial charge in [-0.1, -0.05) is 88.6 Å². The molecule has 0 aliphatic carbocycles. The highest BCUT2D eigenvalue weighted by Crippen LogP contribution is 2.51. The number of allylic oxidation sites excluding steroid dienone is 10. The topological polar surface area (TPSA) is 102 Å². The second-order valence-electron chi connectivity index (χ2n) is 15.6. The molecule has 3 atom stereocenters. The molecule has 0 aromatic heterocycles. The third-order valence-electron chi connectivity index (χ3n) is 9.81. The van der Waals surface area contributed by atoms with E-state index in [-0.39, 0.29) is 30.2 Å². The van der Waals surface area contributed by atoms with Gasteiger partial charge in [-0.3, -0.25) is 9.59 Å². The van der Waals surface area contributed by atoms with Crippen molar-refractivity contribution < 1.29 is 28.7 Å². The molecular formula is C45H64N2O6S. The van der Waals surface area contributed by atoms with Gasteiger partial charge in [-0.2, -0.15) is 0 Å². The average molecular weight is 761 g/mol. The van der Waals surface area contributed by atoms with E-state index >= 15 is 0 Å². The number of nitrogens with zero attached hydrogens (tertiary/aromatic N) is 1. The highest BCUT2D eigenvalue weighted by atomic mass is 32.2. The van der Waals surface area contributed by atoms with Gasteiger partial charge in [-0.25, -0.2) is 9.59 Å². The van der Waals surface area contributed by atoms with Gasteiger partial charge in [0.25, 0.3) is 0 Å². The zero-order valence-electron chi connectivity index (χ0n) is 34.0. The van der Waals surface area contributed by atoms with Crippen LogP contribution in [-0.2, 0) is 35.1 Å². The third-order valence-corrected chi connectivity index (χ3v) is 11.4. The summed E-state index contributed by atoms with van der Waals surface area (Å²) in [7, 11) is 0. The van der Waals surface area contributed by atoms with Crippen LogP contribution < -0.4 is 5.32 Å². The van der Waals surface area contributed by atoms with Crippen molar-refractivity contribution in [1.82, 2.24) is 10.2 Å². The summed E-state index contributed by atoms with van der Waals surface area (Å²) in [5, 5.41) is 2.45. The molecular weight excluding hydrogens is 697 g/mol. The van der Waals surface area contributed by atoms with E-state index in [1.54, 1.807) is 0 Å². The maximum Gasteiger partial charge on any atom is 0.344 e. The summed E-state index contributed by atoms with van der Waals surface area (Å²) >= 11 is 1.44. The van der Waals surface area contributed by atoms with Gasteiger partial charge in [-0.05, 0) is 125 Å². The lowest BCUT2D eigenvalue weighted by molar-refractivity contribution is -0.169. The minimum atomic E-state index is -0.864. The Kier molecular flexibility index (Phi) is 18.6. The highest BCUT2D eigenvalue weighted by molar-refractivity contribution is 8.01. The smallest absolute Gasteiger partial charge is 0.344 e. The molecule has 2 saturated heterocycles. The zero-order chi connectivity index (χ0) is 39.7. The molecule has 8 nitrogen and oxygen atoms in total. The maximum atomic E-state index is 13.1. The number of hydrogen-bond donors (Lipinski definition) is 1. The van der Waals surface area contributed by atoms with Crippen LogP contribution in [0.3, 0.4) is 0 Å². The van der Waals surface area contributed by atoms with E-state index in [0.717, 1.165) is 63.4 Å². The zero-order valence-corrected chi connectivity index (χ0v) is 34.8. The fourth-order valence-electron chi connectivity index (χ4n) is 6.67. The molecule has 0 radical (unpaired) electrons. The van der Waals surface area contributed by atoms with Crippen molar-refractivity contribution in [2.75, 3.05) is 13.2 Å². The minimum absolute atomic E-state index is 0.168. The molecule has 9 heteroatoms. The molecule has 2 fully saturated rings. The Hall–Kier alpha value is -3.85. The molecule has 1 aromatic carbocycles. The van der Waals surface area contributed by atoms with Crippen molar-refractivity contribution in [2.45, 2.75) is 148 Å². The van der Waals surface area contributed by atoms with Crippen LogP contribution in [0, 0.1) is 0 Å². The molecule has 3 rings (SSSR count). The number of thioether (sulfide) groups is 1. The summed E-state index contributed by atoms with van der Waals surface area (Å²) in [6, 6.07) is 7.74. The van der Waals surface area contributed by atoms with Crippen molar-refractivity contribution in [3.63, 3.8) is 0 Å². The summed E-state index contributed by atoms with van der Waals surface area (Å²) in [6.07, 6.45) is 22.0. The van der Waals surface area contributed by atoms with E-state index in [1.165, 1.54) is 44.5 Å². The number of carbonyl (C=O) groups excluding carboxylic acids is 4. The molecule has 2 heterocycles. The normalized spacial score (nSPS) is 19.9. The maximum absolute atomic E-state index is 13.1. The van der Waals surface area contributed by atoms with Gasteiger partial charge in [0.15, 0.2) is 6.61 Å². The molecule has 0 spiro atoms. The van der Waals surface area contributed by atoms with E-state index in [9.17, 15) is 19.2 Å². The molecule has 0 bridgehead atoms. The number of amides is 2. The van der Waals surface area contributed by atoms with Crippen molar-refractivity contribution in [3.8, 4) is 0 Å². The molecule has 1 N–H and O–H groups in total. The van der Waals surface area contributed by atoms with Crippen LogP contribution in [0.5, 0.6) is 0 Å². The standard InChI is InChI=1S/C45H64N2O6S/c1-32(2)18-14-21-35(5)24-15-22-33(3)19-12-13-20-34(4)23-16-25-36(6)26-17-29-52-39(49)31-53-44(51)41-45(7,8)54-43-40(42(50)47(41)43)46-38(48)30-37-27-10-9-11-28-37/h9-11,18-20,24-25,27-28,40-41,43H,12-17,21-23,26,29-31H2,1-8H3,(H,46,48)/t40-,41+,43-/m1/s1. The summed E-state index contributed by atoms with van der Waals surface area (Å²) in [5.41, 5.74) is 7.86. The van der Waals surface area contributed by atoms with Gasteiger partial charge in [-0.15, -0.1) is 11.8 Å². The third kappa shape index (κ3) is 15.1. The first-order chi connectivity index (χ1) is 25.7. The second-order valence-corrected chi connectivity index (χ2v) is 17.3. The molecule has 1 aromatic rings. The Bertz CT molecular complexity index is 1580. The van der Waals surface area contributed by atoms with Crippen LogP contribution in [0.25, 0.3) is 0 Å². The second kappa shape index (κ2) is 22.5. The first-order valence-corrected chi connectivity index (χ1v) is 20.5. The Morgan fingerprint density at radius 2 is 1.30 bits per heavy atom. The number of fused-ring (bicyclic) bond motifs is 1. The summed E-state index contributed by atoms with van der Waals surface area (Å²) in [4.78, 5) is 52.5. The van der Waals surface area contributed by atoms with Crippen molar-refractivity contribution in [2.24, 2.45) is 0 Å². The molecule has 2 amide bonds. The average Bonchev–Trinajstić information content (AvgIpc) is 3.37. The molecule has 2 aliphatic rings. The fourth-order valence-corrected chi connectivity index (χ4v) is 8.29. The van der Waals surface area contributed by atoms with Crippen LogP contribution in [0.1, 0.15) is 125 Å². The number of carbonyl (C=O) groups is 4. The number of unbranched alkanes of at least 4 members (excludes halogenated alkanes) is 1. The van der Waals surface area contributed by atoms with Crippen molar-refractivity contribution in [3.05, 3.63) is 94.1 Å². The highest BCUT2D eigenvalue weighted by Gasteiger charge is 2.64. The van der Waals surface area contributed by atoms with E-state index in [1.807, 2.05) is 44.2 Å². The molecule has 0 saturated carbocycles. The lowest BCUT2D eigenvalue weighted by atomic mass is 9.96. The van der Waals surface area contributed by atoms with Crippen LogP contribution in [0.2, 0.25) is 0 Å². The molecule has 2 aliphatic heterocycles. The largest absolute Gasteiger partial charge is 0.463 e. The van der Waals surface area contributed by atoms with Crippen molar-refractivity contribution >= 4 is 35.5 Å². The minimum Gasteiger partial charge on any atom is -0.463 e. The van der Waals surface area contributed by atoms with Gasteiger partial charge in [0.1, 0.15) is 17.5 Å². The number of hydrogen-bond acceptors (Lipinski definition) is 7. The summed E-state index contributed by atoms with van der Waals surface area (Å²) in [5.74, 6) is -1.84. The number of benzene rings is 1. The van der Waals surface area contributed by atoms with Gasteiger partial charge < -0.3 is 19.7 Å². The van der Waals surface area contributed by atoms with Gasteiger partial charge in [0, 0.05) is 4.75 Å². The lowest BCUT2D eigenvalue weighted by Gasteiger charge is -2.43. The van der Waals surface area contributed by atoms with Crippen LogP contribution in [0.4, 0.5) is 0 Å². The Labute approximate surface area is 329 Å². The van der Waals surface area contributed by atoms with E-state index in [2.05, 4.69) is 77.2 Å². The van der Waals surface area contributed by atoms with Crippen LogP contribution >= 0.6 is 11.8 Å². The predicted octanol–water partition coefficient (Wildman–Crippen LogP) is 9.52. The predicted molar refractivity (Wildman–Crippen MR) is 221 cm³/mol. The number of ether oxygens (including phenoxy) is 2. The Balaban J connectivity index is 1.27. The summed E-state index contributed by atoms with van der Waals surface area (Å²) < 4.78 is 9.99. The first kappa shape index (κ1) is 44.5. The number of esters is 2. The quantitative estimate of drug-likeness (QED) is 0.0544. The molecule has 0 unspecified atom stereocenters. The number of nitrogens with one attached hydrogen (secondary N) is 1. The number of rotatable bonds is 22. The Morgan fingerprint density at radius 1 is 0.759 bits per heavy atom. The monoisotopic (exact) mass is 760 g/mol. The fraction of sp³-hybridized carbons (Fsp3) is 0.556. The van der Waals surface area contributed by atoms with Crippen LogP contribution in [0.15, 0.2) is 88.6 Å². The van der Waals surface area contributed by atoms with Gasteiger partial charge >= 0.3 is 11.9 Å². The SMILES string of the molecule is CC(C)=CCCC(C)=CCCC(C)=CCCC=C(C)CCC=C(C)CCCOC(=O)COC(=O)[C@@H]1N2C(=O)[C@@H](NC(=O)Cc3ccccc3)[C@H]2SC1(C)C. The molecule has 296 valence electrons. The van der Waals surface area contributed by atoms with E-state index in [0.29, 0.717) is 6.42 Å². The van der Waals surface area contributed by atoms with Crippen LogP contribution in [-0.4, -0.2) is 64.1 Å². The number of β-lactam (4-membered cyclic amide) rings is 1.